The van der Waals surface area contributed by atoms with Gasteiger partial charge in [-0.05, 0) is 46.6 Å². The number of benzene rings is 1. The standard InChI is InChI=1S/C14H15BrN2O2/c1-2-6-17-7-5-12(16-17)10-19-14-4-3-11(9-18)8-13(14)15/h3-5,7-9H,2,6,10H2,1H3. The zero-order chi connectivity index (χ0) is 13.7. The van der Waals surface area contributed by atoms with Gasteiger partial charge in [-0.15, -0.1) is 0 Å². The van der Waals surface area contributed by atoms with E-state index in [0.717, 1.165) is 29.4 Å². The van der Waals surface area contributed by atoms with Crippen LogP contribution in [-0.4, -0.2) is 16.1 Å². The third-order valence-electron chi connectivity index (χ3n) is 2.62. The third-order valence-corrected chi connectivity index (χ3v) is 3.24. The Morgan fingerprint density at radius 3 is 2.95 bits per heavy atom. The predicted octanol–water partition coefficient (Wildman–Crippen LogP) is 3.45. The van der Waals surface area contributed by atoms with Gasteiger partial charge in [-0.25, -0.2) is 0 Å². The second-order valence-corrected chi connectivity index (χ2v) is 5.02. The van der Waals surface area contributed by atoms with Gasteiger partial charge in [-0.2, -0.15) is 5.10 Å². The van der Waals surface area contributed by atoms with Crippen molar-refractivity contribution in [1.82, 2.24) is 9.78 Å². The Balaban J connectivity index is 1.99. The molecule has 19 heavy (non-hydrogen) atoms. The third kappa shape index (κ3) is 3.67. The molecule has 0 fully saturated rings. The van der Waals surface area contributed by atoms with Crippen molar-refractivity contribution in [3.05, 3.63) is 46.2 Å². The van der Waals surface area contributed by atoms with Crippen LogP contribution in [0.25, 0.3) is 0 Å². The summed E-state index contributed by atoms with van der Waals surface area (Å²) in [6.07, 6.45) is 3.81. The lowest BCUT2D eigenvalue weighted by Gasteiger charge is -2.07. The van der Waals surface area contributed by atoms with Crippen LogP contribution < -0.4 is 4.74 Å². The minimum absolute atomic E-state index is 0.412. The normalized spacial score (nSPS) is 10.4. The van der Waals surface area contributed by atoms with Crippen molar-refractivity contribution in [2.24, 2.45) is 0 Å². The van der Waals surface area contributed by atoms with Gasteiger partial charge in [0, 0.05) is 18.3 Å². The van der Waals surface area contributed by atoms with Crippen LogP contribution in [0.1, 0.15) is 29.4 Å². The van der Waals surface area contributed by atoms with Gasteiger partial charge < -0.3 is 4.74 Å². The largest absolute Gasteiger partial charge is 0.486 e. The molecule has 0 bridgehead atoms. The lowest BCUT2D eigenvalue weighted by atomic mass is 10.2. The van der Waals surface area contributed by atoms with Crippen LogP contribution in [0.15, 0.2) is 34.9 Å². The topological polar surface area (TPSA) is 44.1 Å². The number of halogens is 1. The van der Waals surface area contributed by atoms with Crippen LogP contribution in [0, 0.1) is 0 Å². The quantitative estimate of drug-likeness (QED) is 0.765. The molecule has 0 saturated heterocycles. The number of carbonyl (C=O) groups excluding carboxylic acids is 1. The molecule has 1 heterocycles. The van der Waals surface area contributed by atoms with Crippen LogP contribution >= 0.6 is 15.9 Å². The second kappa shape index (κ2) is 6.52. The molecule has 0 spiro atoms. The summed E-state index contributed by atoms with van der Waals surface area (Å²) in [5.74, 6) is 0.704. The van der Waals surface area contributed by atoms with E-state index < -0.39 is 0 Å². The number of aldehydes is 1. The van der Waals surface area contributed by atoms with E-state index in [1.54, 1.807) is 18.2 Å². The van der Waals surface area contributed by atoms with E-state index in [0.29, 0.717) is 17.9 Å². The predicted molar refractivity (Wildman–Crippen MR) is 76.4 cm³/mol. The minimum atomic E-state index is 0.412. The molecule has 0 aliphatic carbocycles. The Bertz CT molecular complexity index is 566. The number of rotatable bonds is 6. The first-order valence-corrected chi connectivity index (χ1v) is 6.92. The van der Waals surface area contributed by atoms with Gasteiger partial charge in [-0.1, -0.05) is 6.92 Å². The maximum atomic E-state index is 10.6. The van der Waals surface area contributed by atoms with Crippen molar-refractivity contribution < 1.29 is 9.53 Å². The summed E-state index contributed by atoms with van der Waals surface area (Å²) in [6.45, 7) is 3.44. The lowest BCUT2D eigenvalue weighted by molar-refractivity contribution is 0.112. The van der Waals surface area contributed by atoms with Gasteiger partial charge >= 0.3 is 0 Å². The summed E-state index contributed by atoms with van der Waals surface area (Å²) in [7, 11) is 0. The fourth-order valence-corrected chi connectivity index (χ4v) is 2.20. The van der Waals surface area contributed by atoms with Gasteiger partial charge in [0.1, 0.15) is 18.6 Å². The van der Waals surface area contributed by atoms with Gasteiger partial charge in [-0.3, -0.25) is 9.48 Å². The van der Waals surface area contributed by atoms with E-state index in [-0.39, 0.29) is 0 Å². The number of carbonyl (C=O) groups is 1. The van der Waals surface area contributed by atoms with Crippen molar-refractivity contribution in [2.45, 2.75) is 26.5 Å². The first-order chi connectivity index (χ1) is 9.22. The van der Waals surface area contributed by atoms with E-state index in [9.17, 15) is 4.79 Å². The molecule has 0 radical (unpaired) electrons. The molecule has 2 rings (SSSR count). The molecule has 0 saturated carbocycles. The van der Waals surface area contributed by atoms with Crippen LogP contribution in [0.4, 0.5) is 0 Å². The minimum Gasteiger partial charge on any atom is -0.486 e. The summed E-state index contributed by atoms with van der Waals surface area (Å²) in [5.41, 5.74) is 1.51. The molecule has 0 aliphatic heterocycles. The Hall–Kier alpha value is -1.62. The van der Waals surface area contributed by atoms with Crippen molar-refractivity contribution in [3.8, 4) is 5.75 Å². The molecule has 0 aliphatic rings. The van der Waals surface area contributed by atoms with Crippen molar-refractivity contribution >= 4 is 22.2 Å². The summed E-state index contributed by atoms with van der Waals surface area (Å²) in [4.78, 5) is 10.6. The number of hydrogen-bond acceptors (Lipinski definition) is 3. The molecule has 0 atom stereocenters. The van der Waals surface area contributed by atoms with Crippen LogP contribution in [-0.2, 0) is 13.2 Å². The molecule has 1 aromatic heterocycles. The molecular formula is C14H15BrN2O2. The Morgan fingerprint density at radius 2 is 2.26 bits per heavy atom. The van der Waals surface area contributed by atoms with Crippen molar-refractivity contribution in [3.63, 3.8) is 0 Å². The van der Waals surface area contributed by atoms with Crippen LogP contribution in [0.2, 0.25) is 0 Å². The van der Waals surface area contributed by atoms with E-state index >= 15 is 0 Å². The fraction of sp³-hybridized carbons (Fsp3) is 0.286. The van der Waals surface area contributed by atoms with Gasteiger partial charge in [0.25, 0.3) is 0 Å². The number of nitrogens with zero attached hydrogens (tertiary/aromatic N) is 2. The van der Waals surface area contributed by atoms with E-state index in [1.807, 2.05) is 16.9 Å². The molecule has 2 aromatic rings. The highest BCUT2D eigenvalue weighted by atomic mass is 79.9. The summed E-state index contributed by atoms with van der Waals surface area (Å²) in [5, 5.41) is 4.40. The van der Waals surface area contributed by atoms with Crippen molar-refractivity contribution in [1.29, 1.82) is 0 Å². The van der Waals surface area contributed by atoms with E-state index in [2.05, 4.69) is 28.0 Å². The zero-order valence-corrected chi connectivity index (χ0v) is 12.3. The first kappa shape index (κ1) is 13.8. The second-order valence-electron chi connectivity index (χ2n) is 4.17. The van der Waals surface area contributed by atoms with E-state index in [4.69, 9.17) is 4.74 Å². The number of aryl methyl sites for hydroxylation is 1. The molecule has 0 amide bonds. The molecule has 4 nitrogen and oxygen atoms in total. The van der Waals surface area contributed by atoms with Gasteiger partial charge in [0.05, 0.1) is 10.2 Å². The number of ether oxygens (including phenoxy) is 1. The summed E-state index contributed by atoms with van der Waals surface area (Å²) in [6, 6.07) is 7.18. The highest BCUT2D eigenvalue weighted by molar-refractivity contribution is 9.10. The average molecular weight is 323 g/mol. The number of aromatic nitrogens is 2. The molecule has 1 aromatic carbocycles. The van der Waals surface area contributed by atoms with Gasteiger partial charge in [0.15, 0.2) is 0 Å². The smallest absolute Gasteiger partial charge is 0.150 e. The molecule has 0 N–H and O–H groups in total. The maximum Gasteiger partial charge on any atom is 0.150 e. The van der Waals surface area contributed by atoms with Crippen molar-refractivity contribution in [2.75, 3.05) is 0 Å². The fourth-order valence-electron chi connectivity index (χ4n) is 1.69. The first-order valence-electron chi connectivity index (χ1n) is 6.12. The Kier molecular flexibility index (Phi) is 4.74. The Labute approximate surface area is 120 Å². The monoisotopic (exact) mass is 322 g/mol. The van der Waals surface area contributed by atoms with Gasteiger partial charge in [0.2, 0.25) is 0 Å². The Morgan fingerprint density at radius 1 is 1.42 bits per heavy atom. The molecule has 100 valence electrons. The highest BCUT2D eigenvalue weighted by Crippen LogP contribution is 2.26. The average Bonchev–Trinajstić information content (AvgIpc) is 2.85. The van der Waals surface area contributed by atoms with E-state index in [1.165, 1.54) is 0 Å². The molecule has 0 unspecified atom stereocenters. The SMILES string of the molecule is CCCn1ccc(COc2ccc(C=O)cc2Br)n1. The molecular weight excluding hydrogens is 308 g/mol. The highest BCUT2D eigenvalue weighted by Gasteiger charge is 2.04. The summed E-state index contributed by atoms with van der Waals surface area (Å²) < 4.78 is 8.35. The summed E-state index contributed by atoms with van der Waals surface area (Å²) >= 11 is 3.38. The number of hydrogen-bond donors (Lipinski definition) is 0. The molecule has 5 heteroatoms. The lowest BCUT2D eigenvalue weighted by Crippen LogP contribution is -2.01. The van der Waals surface area contributed by atoms with Crippen LogP contribution in [0.3, 0.4) is 0 Å². The maximum absolute atomic E-state index is 10.6. The van der Waals surface area contributed by atoms with Crippen LogP contribution in [0.5, 0.6) is 5.75 Å². The zero-order valence-electron chi connectivity index (χ0n) is 10.7.